The molecule has 0 bridgehead atoms. The summed E-state index contributed by atoms with van der Waals surface area (Å²) in [7, 11) is 0. The number of pyridine rings is 1. The fourth-order valence-corrected chi connectivity index (χ4v) is 3.64. The van der Waals surface area contributed by atoms with E-state index >= 15 is 0 Å². The molecule has 0 unspecified atom stereocenters. The van der Waals surface area contributed by atoms with Crippen molar-refractivity contribution < 1.29 is 14.3 Å². The van der Waals surface area contributed by atoms with Crippen LogP contribution in [0.4, 0.5) is 4.79 Å². The van der Waals surface area contributed by atoms with Crippen molar-refractivity contribution in [1.82, 2.24) is 25.6 Å². The number of nitrogens with one attached hydrogen (secondary N) is 3. The maximum atomic E-state index is 12.3. The number of H-pyrrole nitrogens is 1. The second-order valence-corrected chi connectivity index (χ2v) is 6.93. The highest BCUT2D eigenvalue weighted by Crippen LogP contribution is 2.25. The first-order valence-corrected chi connectivity index (χ1v) is 9.49. The van der Waals surface area contributed by atoms with Crippen LogP contribution in [0.15, 0.2) is 28.7 Å². The topological polar surface area (TPSA) is 109 Å². The summed E-state index contributed by atoms with van der Waals surface area (Å²) in [5.74, 6) is -0.0773. The van der Waals surface area contributed by atoms with Crippen molar-refractivity contribution in [3.63, 3.8) is 0 Å². The fraction of sp³-hybridized carbons (Fsp3) is 0.375. The highest BCUT2D eigenvalue weighted by molar-refractivity contribution is 7.99. The Balaban J connectivity index is 1.85. The number of aromatic nitrogens is 3. The predicted octanol–water partition coefficient (Wildman–Crippen LogP) is 2.61. The van der Waals surface area contributed by atoms with Gasteiger partial charge in [-0.15, -0.1) is 0 Å². The first-order valence-electron chi connectivity index (χ1n) is 8.13. The average molecular weight is 396 g/mol. The van der Waals surface area contributed by atoms with Gasteiger partial charge in [0.25, 0.3) is 0 Å². The normalized spacial score (nSPS) is 17.2. The van der Waals surface area contributed by atoms with Gasteiger partial charge in [-0.3, -0.25) is 0 Å². The first-order chi connectivity index (χ1) is 12.5. The summed E-state index contributed by atoms with van der Waals surface area (Å²) in [6, 6.07) is 1.03. The molecule has 1 aliphatic heterocycles. The third-order valence-electron chi connectivity index (χ3n) is 3.78. The van der Waals surface area contributed by atoms with E-state index in [1.807, 2.05) is 6.92 Å². The number of aromatic amines is 1. The number of carbonyl (C=O) groups is 2. The van der Waals surface area contributed by atoms with Gasteiger partial charge in [-0.2, -0.15) is 0 Å². The molecular formula is C16H18ClN5O3S. The number of rotatable bonds is 6. The van der Waals surface area contributed by atoms with Crippen LogP contribution >= 0.6 is 23.4 Å². The zero-order valence-corrected chi connectivity index (χ0v) is 15.8. The van der Waals surface area contributed by atoms with E-state index in [4.69, 9.17) is 16.3 Å². The van der Waals surface area contributed by atoms with Crippen LogP contribution in [0.3, 0.4) is 0 Å². The van der Waals surface area contributed by atoms with E-state index in [1.165, 1.54) is 18.0 Å². The Bertz CT molecular complexity index is 882. The molecule has 26 heavy (non-hydrogen) atoms. The number of amides is 2. The van der Waals surface area contributed by atoms with Gasteiger partial charge in [0.1, 0.15) is 0 Å². The number of imidazole rings is 1. The lowest BCUT2D eigenvalue weighted by atomic mass is 10.0. The molecule has 2 aromatic rings. The molecule has 3 heterocycles. The van der Waals surface area contributed by atoms with Crippen LogP contribution in [0.1, 0.15) is 20.3 Å². The Kier molecular flexibility index (Phi) is 5.67. The van der Waals surface area contributed by atoms with Gasteiger partial charge in [0.05, 0.1) is 28.8 Å². The number of fused-ring (bicyclic) bond motifs is 1. The lowest BCUT2D eigenvalue weighted by Gasteiger charge is -2.28. The lowest BCUT2D eigenvalue weighted by molar-refractivity contribution is -0.139. The van der Waals surface area contributed by atoms with E-state index in [2.05, 4.69) is 25.6 Å². The van der Waals surface area contributed by atoms with Gasteiger partial charge in [-0.05, 0) is 19.4 Å². The number of hydrogen-bond acceptors (Lipinski definition) is 6. The molecule has 2 aromatic heterocycles. The van der Waals surface area contributed by atoms with Gasteiger partial charge in [-0.1, -0.05) is 30.3 Å². The summed E-state index contributed by atoms with van der Waals surface area (Å²) in [6.45, 7) is 3.91. The molecule has 10 heteroatoms. The Labute approximate surface area is 159 Å². The minimum atomic E-state index is -0.430. The van der Waals surface area contributed by atoms with Crippen molar-refractivity contribution >= 4 is 46.5 Å². The summed E-state index contributed by atoms with van der Waals surface area (Å²) >= 11 is 7.28. The van der Waals surface area contributed by atoms with Gasteiger partial charge in [0.2, 0.25) is 0 Å². The number of carbonyl (C=O) groups excluding carboxylic acids is 2. The molecule has 1 atom stereocenters. The van der Waals surface area contributed by atoms with E-state index in [0.29, 0.717) is 39.3 Å². The van der Waals surface area contributed by atoms with E-state index in [-0.39, 0.29) is 18.7 Å². The van der Waals surface area contributed by atoms with Crippen molar-refractivity contribution in [3.05, 3.63) is 28.6 Å². The van der Waals surface area contributed by atoms with Crippen LogP contribution in [-0.4, -0.2) is 45.4 Å². The van der Waals surface area contributed by atoms with E-state index in [0.717, 1.165) is 5.52 Å². The van der Waals surface area contributed by atoms with Crippen LogP contribution < -0.4 is 10.6 Å². The molecule has 8 nitrogen and oxygen atoms in total. The van der Waals surface area contributed by atoms with Crippen LogP contribution in [0.5, 0.6) is 0 Å². The predicted molar refractivity (Wildman–Crippen MR) is 99.0 cm³/mol. The number of hydrogen-bond donors (Lipinski definition) is 3. The number of urea groups is 1. The maximum absolute atomic E-state index is 12.3. The second kappa shape index (κ2) is 7.96. The summed E-state index contributed by atoms with van der Waals surface area (Å²) in [5, 5.41) is 6.59. The maximum Gasteiger partial charge on any atom is 0.337 e. The Morgan fingerprint density at radius 3 is 2.96 bits per heavy atom. The van der Waals surface area contributed by atoms with Crippen LogP contribution in [0.2, 0.25) is 5.02 Å². The summed E-state index contributed by atoms with van der Waals surface area (Å²) in [4.78, 5) is 35.9. The molecule has 3 N–H and O–H groups in total. The third kappa shape index (κ3) is 3.94. The van der Waals surface area contributed by atoms with Gasteiger partial charge in [0.15, 0.2) is 10.8 Å². The highest BCUT2D eigenvalue weighted by atomic mass is 35.5. The van der Waals surface area contributed by atoms with Crippen LogP contribution in [0.25, 0.3) is 11.2 Å². The Hall–Kier alpha value is -2.26. The number of esters is 1. The van der Waals surface area contributed by atoms with Crippen molar-refractivity contribution in [3.8, 4) is 0 Å². The number of thioether (sulfide) groups is 1. The zero-order valence-electron chi connectivity index (χ0n) is 14.3. The molecule has 0 aromatic carbocycles. The van der Waals surface area contributed by atoms with Gasteiger partial charge < -0.3 is 20.4 Å². The molecule has 0 saturated carbocycles. The molecule has 138 valence electrons. The van der Waals surface area contributed by atoms with E-state index in [9.17, 15) is 9.59 Å². The van der Waals surface area contributed by atoms with Crippen molar-refractivity contribution in [2.75, 3.05) is 12.4 Å². The van der Waals surface area contributed by atoms with Gasteiger partial charge in [0, 0.05) is 17.6 Å². The van der Waals surface area contributed by atoms with Gasteiger partial charge >= 0.3 is 12.0 Å². The number of ether oxygens (including phenoxy) is 1. The number of halogens is 1. The monoisotopic (exact) mass is 395 g/mol. The fourth-order valence-electron chi connectivity index (χ4n) is 2.64. The molecular weight excluding hydrogens is 378 g/mol. The Morgan fingerprint density at radius 1 is 1.42 bits per heavy atom. The quantitative estimate of drug-likeness (QED) is 0.512. The third-order valence-corrected chi connectivity index (χ3v) is 4.89. The average Bonchev–Trinajstić information content (AvgIpc) is 3.01. The molecule has 0 fully saturated rings. The largest absolute Gasteiger partial charge is 0.463 e. The number of nitrogens with zero attached hydrogens (tertiary/aromatic N) is 2. The first kappa shape index (κ1) is 18.5. The molecule has 1 aliphatic rings. The molecule has 0 spiro atoms. The second-order valence-electron chi connectivity index (χ2n) is 5.53. The lowest BCUT2D eigenvalue weighted by Crippen LogP contribution is -2.50. The molecule has 3 rings (SSSR count). The van der Waals surface area contributed by atoms with Crippen LogP contribution in [0, 0.1) is 0 Å². The van der Waals surface area contributed by atoms with Crippen molar-refractivity contribution in [1.29, 1.82) is 0 Å². The minimum Gasteiger partial charge on any atom is -0.463 e. The minimum absolute atomic E-state index is 0.267. The zero-order chi connectivity index (χ0) is 18.7. The highest BCUT2D eigenvalue weighted by Gasteiger charge is 2.31. The molecule has 0 radical (unpaired) electrons. The summed E-state index contributed by atoms with van der Waals surface area (Å²) < 4.78 is 5.15. The summed E-state index contributed by atoms with van der Waals surface area (Å²) in [5.41, 5.74) is 2.24. The standard InChI is InChI=1S/C16H18ClN5O3S/c1-3-9-12(14(23)25-4-2)11(20-15(24)19-9)7-26-16-21-10-5-8(17)6-18-13(10)22-16/h5-6,9H,3-4,7H2,1-2H3,(H,18,21,22)(H2,19,20,24)/t9-/m0/s1. The Morgan fingerprint density at radius 2 is 2.23 bits per heavy atom. The van der Waals surface area contributed by atoms with Crippen LogP contribution in [-0.2, 0) is 9.53 Å². The van der Waals surface area contributed by atoms with E-state index in [1.54, 1.807) is 13.0 Å². The summed E-state index contributed by atoms with van der Waals surface area (Å²) in [6.07, 6.45) is 2.11. The smallest absolute Gasteiger partial charge is 0.337 e. The molecule has 0 saturated heterocycles. The van der Waals surface area contributed by atoms with E-state index < -0.39 is 5.97 Å². The van der Waals surface area contributed by atoms with Crippen molar-refractivity contribution in [2.45, 2.75) is 31.5 Å². The molecule has 0 aliphatic carbocycles. The van der Waals surface area contributed by atoms with Crippen molar-refractivity contribution in [2.24, 2.45) is 0 Å². The SMILES string of the molecule is CCOC(=O)C1=C(CSc2nc3ncc(Cl)cc3[nH]2)NC(=O)N[C@H]1CC. The van der Waals surface area contributed by atoms with Gasteiger partial charge in [-0.25, -0.2) is 19.6 Å². The molecule has 2 amide bonds.